The van der Waals surface area contributed by atoms with Gasteiger partial charge >= 0.3 is 0 Å². The normalized spacial score (nSPS) is 10.6. The minimum atomic E-state index is -0.272. The van der Waals surface area contributed by atoms with Crippen LogP contribution in [0.2, 0.25) is 0 Å². The van der Waals surface area contributed by atoms with Crippen molar-refractivity contribution in [1.29, 1.82) is 0 Å². The van der Waals surface area contributed by atoms with E-state index >= 15 is 0 Å². The van der Waals surface area contributed by atoms with Crippen molar-refractivity contribution in [3.8, 4) is 22.8 Å². The largest absolute Gasteiger partial charge is 0.436 e. The molecule has 94 valence electrons. The first-order valence-corrected chi connectivity index (χ1v) is 5.87. The predicted octanol–water partition coefficient (Wildman–Crippen LogP) is 3.85. The van der Waals surface area contributed by atoms with E-state index in [1.807, 2.05) is 13.0 Å². The third kappa shape index (κ3) is 2.25. The van der Waals surface area contributed by atoms with Gasteiger partial charge in [-0.05, 0) is 42.8 Å². The lowest BCUT2D eigenvalue weighted by molar-refractivity contribution is 0.587. The summed E-state index contributed by atoms with van der Waals surface area (Å²) in [6.45, 7) is 1.97. The summed E-state index contributed by atoms with van der Waals surface area (Å²) < 4.78 is 18.6. The highest BCUT2D eigenvalue weighted by molar-refractivity contribution is 5.62. The van der Waals surface area contributed by atoms with Crippen LogP contribution in [-0.2, 0) is 0 Å². The zero-order valence-corrected chi connectivity index (χ0v) is 10.3. The van der Waals surface area contributed by atoms with Gasteiger partial charge in [0.05, 0.1) is 11.8 Å². The Labute approximate surface area is 109 Å². The van der Waals surface area contributed by atoms with Crippen LogP contribution in [0.4, 0.5) is 4.39 Å². The summed E-state index contributed by atoms with van der Waals surface area (Å²) in [6.07, 6.45) is 5.08. The molecule has 0 spiro atoms. The molecular formula is C15H11FN2O. The van der Waals surface area contributed by atoms with Gasteiger partial charge in [0.1, 0.15) is 5.82 Å². The molecule has 0 atom stereocenters. The van der Waals surface area contributed by atoms with E-state index in [0.717, 1.165) is 16.7 Å². The second-order valence-electron chi connectivity index (χ2n) is 4.23. The molecule has 0 amide bonds. The standard InChI is InChI=1S/C15H11FN2O/c1-10-6-7-17-8-13(10)15-18-9-14(19-15)11-2-4-12(16)5-3-11/h2-9H,1H3. The predicted molar refractivity (Wildman–Crippen MR) is 69.9 cm³/mol. The molecular weight excluding hydrogens is 243 g/mol. The average molecular weight is 254 g/mol. The maximum Gasteiger partial charge on any atom is 0.228 e. The van der Waals surface area contributed by atoms with Crippen molar-refractivity contribution in [2.24, 2.45) is 0 Å². The molecule has 0 aliphatic carbocycles. The molecule has 0 saturated carbocycles. The molecule has 1 aromatic carbocycles. The number of benzene rings is 1. The molecule has 2 heterocycles. The van der Waals surface area contributed by atoms with Crippen LogP contribution >= 0.6 is 0 Å². The van der Waals surface area contributed by atoms with Crippen LogP contribution in [-0.4, -0.2) is 9.97 Å². The zero-order chi connectivity index (χ0) is 13.2. The lowest BCUT2D eigenvalue weighted by atomic mass is 10.2. The third-order valence-corrected chi connectivity index (χ3v) is 2.90. The maximum absolute atomic E-state index is 12.9. The summed E-state index contributed by atoms with van der Waals surface area (Å²) in [7, 11) is 0. The summed E-state index contributed by atoms with van der Waals surface area (Å²) >= 11 is 0. The molecule has 0 saturated heterocycles. The summed E-state index contributed by atoms with van der Waals surface area (Å²) in [4.78, 5) is 8.31. The van der Waals surface area contributed by atoms with E-state index in [1.165, 1.54) is 12.1 Å². The minimum Gasteiger partial charge on any atom is -0.436 e. The minimum absolute atomic E-state index is 0.272. The first kappa shape index (κ1) is 11.6. The number of aryl methyl sites for hydroxylation is 1. The number of oxazole rings is 1. The van der Waals surface area contributed by atoms with Crippen LogP contribution in [0.3, 0.4) is 0 Å². The van der Waals surface area contributed by atoms with E-state index in [0.29, 0.717) is 11.7 Å². The van der Waals surface area contributed by atoms with Crippen molar-refractivity contribution >= 4 is 0 Å². The molecule has 0 radical (unpaired) electrons. The fourth-order valence-corrected chi connectivity index (χ4v) is 1.83. The number of hydrogen-bond acceptors (Lipinski definition) is 3. The van der Waals surface area contributed by atoms with Crippen LogP contribution in [0, 0.1) is 12.7 Å². The first-order valence-electron chi connectivity index (χ1n) is 5.87. The molecule has 0 aliphatic heterocycles. The van der Waals surface area contributed by atoms with Crippen LogP contribution in [0.15, 0.2) is 53.3 Å². The van der Waals surface area contributed by atoms with Crippen LogP contribution in [0.5, 0.6) is 0 Å². The molecule has 0 bridgehead atoms. The monoisotopic (exact) mass is 254 g/mol. The highest BCUT2D eigenvalue weighted by Gasteiger charge is 2.10. The number of nitrogens with zero attached hydrogens (tertiary/aromatic N) is 2. The molecule has 2 aromatic heterocycles. The van der Waals surface area contributed by atoms with E-state index in [2.05, 4.69) is 9.97 Å². The Hall–Kier alpha value is -2.49. The highest BCUT2D eigenvalue weighted by atomic mass is 19.1. The SMILES string of the molecule is Cc1ccncc1-c1ncc(-c2ccc(F)cc2)o1. The maximum atomic E-state index is 12.9. The van der Waals surface area contributed by atoms with Crippen LogP contribution in [0.25, 0.3) is 22.8 Å². The Morgan fingerprint density at radius 1 is 1.05 bits per heavy atom. The van der Waals surface area contributed by atoms with Gasteiger partial charge < -0.3 is 4.42 Å². The van der Waals surface area contributed by atoms with Gasteiger partial charge in [-0.15, -0.1) is 0 Å². The van der Waals surface area contributed by atoms with Crippen LogP contribution < -0.4 is 0 Å². The molecule has 0 fully saturated rings. The van der Waals surface area contributed by atoms with Crippen molar-refractivity contribution in [3.05, 3.63) is 60.3 Å². The third-order valence-electron chi connectivity index (χ3n) is 2.90. The van der Waals surface area contributed by atoms with Crippen molar-refractivity contribution in [3.63, 3.8) is 0 Å². The van der Waals surface area contributed by atoms with Crippen molar-refractivity contribution in [2.75, 3.05) is 0 Å². The fourth-order valence-electron chi connectivity index (χ4n) is 1.83. The number of pyridine rings is 1. The van der Waals surface area contributed by atoms with Gasteiger partial charge in [-0.25, -0.2) is 9.37 Å². The number of halogens is 1. The van der Waals surface area contributed by atoms with E-state index in [4.69, 9.17) is 4.42 Å². The molecule has 3 aromatic rings. The molecule has 0 N–H and O–H groups in total. The average Bonchev–Trinajstić information content (AvgIpc) is 2.89. The molecule has 3 nitrogen and oxygen atoms in total. The van der Waals surface area contributed by atoms with Gasteiger partial charge in [-0.1, -0.05) is 0 Å². The van der Waals surface area contributed by atoms with Gasteiger partial charge in [0.2, 0.25) is 5.89 Å². The molecule has 3 rings (SSSR count). The molecule has 4 heteroatoms. The van der Waals surface area contributed by atoms with E-state index in [9.17, 15) is 4.39 Å². The van der Waals surface area contributed by atoms with Gasteiger partial charge in [0.25, 0.3) is 0 Å². The zero-order valence-electron chi connectivity index (χ0n) is 10.3. The summed E-state index contributed by atoms with van der Waals surface area (Å²) in [5.74, 6) is 0.856. The van der Waals surface area contributed by atoms with Gasteiger partial charge in [-0.3, -0.25) is 4.98 Å². The van der Waals surface area contributed by atoms with Crippen molar-refractivity contribution in [2.45, 2.75) is 6.92 Å². The second kappa shape index (κ2) is 4.65. The molecule has 19 heavy (non-hydrogen) atoms. The molecule has 0 unspecified atom stereocenters. The smallest absolute Gasteiger partial charge is 0.228 e. The van der Waals surface area contributed by atoms with Gasteiger partial charge in [-0.2, -0.15) is 0 Å². The highest BCUT2D eigenvalue weighted by Crippen LogP contribution is 2.27. The summed E-state index contributed by atoms with van der Waals surface area (Å²) in [5.41, 5.74) is 2.69. The topological polar surface area (TPSA) is 38.9 Å². The van der Waals surface area contributed by atoms with Gasteiger partial charge in [0.15, 0.2) is 5.76 Å². The van der Waals surface area contributed by atoms with Crippen molar-refractivity contribution < 1.29 is 8.81 Å². The Kier molecular flexibility index (Phi) is 2.83. The fraction of sp³-hybridized carbons (Fsp3) is 0.0667. The first-order chi connectivity index (χ1) is 9.24. The number of hydrogen-bond donors (Lipinski definition) is 0. The number of aromatic nitrogens is 2. The molecule has 0 aliphatic rings. The van der Waals surface area contributed by atoms with Gasteiger partial charge in [0, 0.05) is 18.0 Å². The van der Waals surface area contributed by atoms with E-state index in [-0.39, 0.29) is 5.82 Å². The summed E-state index contributed by atoms with van der Waals surface area (Å²) in [5, 5.41) is 0. The summed E-state index contributed by atoms with van der Waals surface area (Å²) in [6, 6.07) is 8.02. The lowest BCUT2D eigenvalue weighted by Crippen LogP contribution is -1.83. The Morgan fingerprint density at radius 2 is 1.84 bits per heavy atom. The van der Waals surface area contributed by atoms with Crippen molar-refractivity contribution in [1.82, 2.24) is 9.97 Å². The Balaban J connectivity index is 2.00. The van der Waals surface area contributed by atoms with Crippen LogP contribution in [0.1, 0.15) is 5.56 Å². The van der Waals surface area contributed by atoms with E-state index < -0.39 is 0 Å². The lowest BCUT2D eigenvalue weighted by Gasteiger charge is -1.99. The second-order valence-corrected chi connectivity index (χ2v) is 4.23. The quantitative estimate of drug-likeness (QED) is 0.697. The Bertz CT molecular complexity index is 704. The van der Waals surface area contributed by atoms with E-state index in [1.54, 1.807) is 30.7 Å². The Morgan fingerprint density at radius 3 is 2.58 bits per heavy atom. The number of rotatable bonds is 2.